The van der Waals surface area contributed by atoms with Crippen LogP contribution in [0.5, 0.6) is 5.75 Å². The van der Waals surface area contributed by atoms with Crippen molar-refractivity contribution in [3.8, 4) is 5.75 Å². The Labute approximate surface area is 123 Å². The first kappa shape index (κ1) is 14.5. The molecule has 0 aliphatic heterocycles. The number of benzene rings is 1. The Bertz CT molecular complexity index is 422. The van der Waals surface area contributed by atoms with Crippen LogP contribution in [0, 0.1) is 5.92 Å². The van der Waals surface area contributed by atoms with Crippen LogP contribution in [0.25, 0.3) is 0 Å². The lowest BCUT2D eigenvalue weighted by molar-refractivity contribution is -0.123. The van der Waals surface area contributed by atoms with Crippen LogP contribution in [0.4, 0.5) is 0 Å². The second kappa shape index (κ2) is 7.01. The van der Waals surface area contributed by atoms with Crippen molar-refractivity contribution in [2.75, 3.05) is 13.2 Å². The van der Waals surface area contributed by atoms with Crippen molar-refractivity contribution < 1.29 is 9.53 Å². The number of hydrogen-bond acceptors (Lipinski definition) is 2. The van der Waals surface area contributed by atoms with Crippen LogP contribution in [0.15, 0.2) is 24.3 Å². The maximum atomic E-state index is 11.6. The summed E-state index contributed by atoms with van der Waals surface area (Å²) in [4.78, 5) is 11.6. The number of halogens is 2. The zero-order valence-corrected chi connectivity index (χ0v) is 12.1. The summed E-state index contributed by atoms with van der Waals surface area (Å²) in [7, 11) is 0. The first-order valence-electron chi connectivity index (χ1n) is 6.44. The van der Waals surface area contributed by atoms with Gasteiger partial charge in [-0.05, 0) is 43.0 Å². The number of carbonyl (C=O) groups is 1. The summed E-state index contributed by atoms with van der Waals surface area (Å²) in [6, 6.07) is 6.93. The molecule has 1 aliphatic rings. The average molecular weight is 302 g/mol. The van der Waals surface area contributed by atoms with E-state index in [4.69, 9.17) is 27.9 Å². The maximum Gasteiger partial charge on any atom is 0.257 e. The topological polar surface area (TPSA) is 38.3 Å². The second-order valence-corrected chi connectivity index (χ2v) is 5.75. The third-order valence-corrected chi connectivity index (χ3v) is 4.14. The number of hydrogen-bond donors (Lipinski definition) is 1. The van der Waals surface area contributed by atoms with E-state index in [9.17, 15) is 4.79 Å². The fourth-order valence-electron chi connectivity index (χ4n) is 2.20. The van der Waals surface area contributed by atoms with Crippen LogP contribution in [-0.2, 0) is 4.79 Å². The highest BCUT2D eigenvalue weighted by Crippen LogP contribution is 2.29. The molecule has 0 spiro atoms. The maximum absolute atomic E-state index is 11.6. The molecule has 1 saturated carbocycles. The molecule has 5 heteroatoms. The van der Waals surface area contributed by atoms with E-state index >= 15 is 0 Å². The Balaban J connectivity index is 1.68. The minimum Gasteiger partial charge on any atom is -0.484 e. The van der Waals surface area contributed by atoms with Crippen LogP contribution < -0.4 is 10.1 Å². The van der Waals surface area contributed by atoms with Gasteiger partial charge in [0.1, 0.15) is 5.75 Å². The average Bonchev–Trinajstić information content (AvgIpc) is 2.81. The fourth-order valence-corrected chi connectivity index (χ4v) is 2.69. The quantitative estimate of drug-likeness (QED) is 0.848. The molecule has 0 heterocycles. The van der Waals surface area contributed by atoms with Crippen LogP contribution in [0.1, 0.15) is 19.3 Å². The van der Waals surface area contributed by atoms with E-state index in [0.29, 0.717) is 23.2 Å². The standard InChI is InChI=1S/C14H17Cl2NO2/c15-11-4-6-12(7-5-11)19-9-14(18)17-8-10-2-1-3-13(10)16/h4-7,10,13H,1-3,8-9H2,(H,17,18). The van der Waals surface area contributed by atoms with E-state index in [1.54, 1.807) is 24.3 Å². The number of nitrogens with one attached hydrogen (secondary N) is 1. The van der Waals surface area contributed by atoms with Crippen molar-refractivity contribution in [2.45, 2.75) is 24.6 Å². The van der Waals surface area contributed by atoms with Gasteiger partial charge in [-0.1, -0.05) is 18.0 Å². The van der Waals surface area contributed by atoms with Gasteiger partial charge in [0.2, 0.25) is 0 Å². The van der Waals surface area contributed by atoms with Crippen molar-refractivity contribution in [1.29, 1.82) is 0 Å². The summed E-state index contributed by atoms with van der Waals surface area (Å²) in [6.07, 6.45) is 3.28. The van der Waals surface area contributed by atoms with Crippen LogP contribution in [-0.4, -0.2) is 24.4 Å². The predicted molar refractivity (Wildman–Crippen MR) is 76.9 cm³/mol. The number of ether oxygens (including phenoxy) is 1. The summed E-state index contributed by atoms with van der Waals surface area (Å²) in [5.74, 6) is 0.905. The molecule has 2 atom stereocenters. The van der Waals surface area contributed by atoms with E-state index < -0.39 is 0 Å². The molecule has 1 aromatic rings. The minimum atomic E-state index is -0.120. The summed E-state index contributed by atoms with van der Waals surface area (Å²) in [6.45, 7) is 0.651. The predicted octanol–water partition coefficient (Wildman–Crippen LogP) is 3.24. The van der Waals surface area contributed by atoms with Gasteiger partial charge in [-0.2, -0.15) is 0 Å². The van der Waals surface area contributed by atoms with E-state index in [2.05, 4.69) is 5.32 Å². The van der Waals surface area contributed by atoms with E-state index in [-0.39, 0.29) is 17.9 Å². The lowest BCUT2D eigenvalue weighted by atomic mass is 10.1. The first-order chi connectivity index (χ1) is 9.15. The summed E-state index contributed by atoms with van der Waals surface area (Å²) < 4.78 is 5.36. The lowest BCUT2D eigenvalue weighted by Crippen LogP contribution is -2.34. The van der Waals surface area contributed by atoms with Gasteiger partial charge in [-0.3, -0.25) is 4.79 Å². The highest BCUT2D eigenvalue weighted by atomic mass is 35.5. The Hall–Kier alpha value is -0.930. The minimum absolute atomic E-state index is 0.0152. The van der Waals surface area contributed by atoms with Gasteiger partial charge < -0.3 is 10.1 Å². The molecular weight excluding hydrogens is 285 g/mol. The molecule has 19 heavy (non-hydrogen) atoms. The number of carbonyl (C=O) groups excluding carboxylic acids is 1. The SMILES string of the molecule is O=C(COc1ccc(Cl)cc1)NCC1CCCC1Cl. The molecule has 0 radical (unpaired) electrons. The monoisotopic (exact) mass is 301 g/mol. The van der Waals surface area contributed by atoms with E-state index in [0.717, 1.165) is 19.3 Å². The number of rotatable bonds is 5. The zero-order chi connectivity index (χ0) is 13.7. The molecule has 0 aromatic heterocycles. The van der Waals surface area contributed by atoms with Gasteiger partial charge in [0.05, 0.1) is 0 Å². The molecule has 2 rings (SSSR count). The Morgan fingerprint density at radius 1 is 1.32 bits per heavy atom. The molecule has 1 aliphatic carbocycles. The highest BCUT2D eigenvalue weighted by Gasteiger charge is 2.25. The summed E-state index contributed by atoms with van der Waals surface area (Å²) in [5, 5.41) is 3.70. The van der Waals surface area contributed by atoms with Crippen LogP contribution in [0.3, 0.4) is 0 Å². The number of alkyl halides is 1. The molecule has 0 saturated heterocycles. The molecule has 1 N–H and O–H groups in total. The van der Waals surface area contributed by atoms with Crippen LogP contribution >= 0.6 is 23.2 Å². The number of amides is 1. The van der Waals surface area contributed by atoms with Crippen LogP contribution in [0.2, 0.25) is 5.02 Å². The van der Waals surface area contributed by atoms with Gasteiger partial charge in [0.25, 0.3) is 5.91 Å². The first-order valence-corrected chi connectivity index (χ1v) is 7.26. The van der Waals surface area contributed by atoms with Crippen molar-refractivity contribution in [2.24, 2.45) is 5.92 Å². The Morgan fingerprint density at radius 3 is 2.68 bits per heavy atom. The van der Waals surface area contributed by atoms with Gasteiger partial charge in [0, 0.05) is 16.9 Å². The van der Waals surface area contributed by atoms with Gasteiger partial charge in [0.15, 0.2) is 6.61 Å². The normalized spacial score (nSPS) is 22.2. The van der Waals surface area contributed by atoms with Gasteiger partial charge in [-0.15, -0.1) is 11.6 Å². The van der Waals surface area contributed by atoms with Crippen molar-refractivity contribution >= 4 is 29.1 Å². The fraction of sp³-hybridized carbons (Fsp3) is 0.500. The largest absolute Gasteiger partial charge is 0.484 e. The molecule has 104 valence electrons. The molecule has 2 unspecified atom stereocenters. The van der Waals surface area contributed by atoms with Crippen molar-refractivity contribution in [3.63, 3.8) is 0 Å². The molecule has 1 amide bonds. The van der Waals surface area contributed by atoms with Crippen molar-refractivity contribution in [3.05, 3.63) is 29.3 Å². The molecular formula is C14H17Cl2NO2. The Kier molecular flexibility index (Phi) is 5.34. The summed E-state index contributed by atoms with van der Waals surface area (Å²) in [5.41, 5.74) is 0. The summed E-state index contributed by atoms with van der Waals surface area (Å²) >= 11 is 11.9. The third kappa shape index (κ3) is 4.59. The van der Waals surface area contributed by atoms with Gasteiger partial charge >= 0.3 is 0 Å². The molecule has 3 nitrogen and oxygen atoms in total. The van der Waals surface area contributed by atoms with E-state index in [1.165, 1.54) is 0 Å². The van der Waals surface area contributed by atoms with E-state index in [1.807, 2.05) is 0 Å². The van der Waals surface area contributed by atoms with Crippen molar-refractivity contribution in [1.82, 2.24) is 5.32 Å². The second-order valence-electron chi connectivity index (χ2n) is 4.75. The third-order valence-electron chi connectivity index (χ3n) is 3.31. The van der Waals surface area contributed by atoms with Gasteiger partial charge in [-0.25, -0.2) is 0 Å². The molecule has 1 aromatic carbocycles. The molecule has 1 fully saturated rings. The zero-order valence-electron chi connectivity index (χ0n) is 10.6. The highest BCUT2D eigenvalue weighted by molar-refractivity contribution is 6.30. The smallest absolute Gasteiger partial charge is 0.257 e. The Morgan fingerprint density at radius 2 is 2.05 bits per heavy atom. The lowest BCUT2D eigenvalue weighted by Gasteiger charge is -2.14. The molecule has 0 bridgehead atoms.